The van der Waals surface area contributed by atoms with Gasteiger partial charge in [-0.2, -0.15) is 0 Å². The Morgan fingerprint density at radius 1 is 1.07 bits per heavy atom. The van der Waals surface area contributed by atoms with Crippen LogP contribution in [0.1, 0.15) is 37.2 Å². The second-order valence-electron chi connectivity index (χ2n) is 7.52. The lowest BCUT2D eigenvalue weighted by Crippen LogP contribution is -2.45. The molecular formula is C21H26N4O4. The van der Waals surface area contributed by atoms with Crippen LogP contribution in [0.5, 0.6) is 5.75 Å². The van der Waals surface area contributed by atoms with E-state index in [0.717, 1.165) is 37.5 Å². The highest BCUT2D eigenvalue weighted by Gasteiger charge is 2.40. The van der Waals surface area contributed by atoms with E-state index in [1.165, 1.54) is 0 Å². The van der Waals surface area contributed by atoms with Crippen molar-refractivity contribution < 1.29 is 19.0 Å². The maximum atomic E-state index is 12.4. The molecule has 0 aliphatic carbocycles. The quantitative estimate of drug-likeness (QED) is 0.829. The number of carbonyl (C=O) groups excluding carboxylic acids is 1. The van der Waals surface area contributed by atoms with E-state index in [0.29, 0.717) is 18.9 Å². The molecule has 154 valence electrons. The summed E-state index contributed by atoms with van der Waals surface area (Å²) >= 11 is 0. The summed E-state index contributed by atoms with van der Waals surface area (Å²) in [5.74, 6) is 0.801. The number of anilines is 2. The second kappa shape index (κ2) is 8.34. The Balaban J connectivity index is 1.33. The highest BCUT2D eigenvalue weighted by atomic mass is 16.7. The number of hydrogen-bond acceptors (Lipinski definition) is 7. The van der Waals surface area contributed by atoms with E-state index in [9.17, 15) is 4.79 Å². The van der Waals surface area contributed by atoms with Gasteiger partial charge in [-0.05, 0) is 50.2 Å². The van der Waals surface area contributed by atoms with Gasteiger partial charge in [-0.3, -0.25) is 4.79 Å². The van der Waals surface area contributed by atoms with Gasteiger partial charge in [0.25, 0.3) is 5.91 Å². The number of nitrogens with one attached hydrogen (secondary N) is 1. The highest BCUT2D eigenvalue weighted by Crippen LogP contribution is 2.32. The molecule has 2 fully saturated rings. The number of piperidine rings is 1. The van der Waals surface area contributed by atoms with Gasteiger partial charge in [0.1, 0.15) is 5.75 Å². The Labute approximate surface area is 170 Å². The topological polar surface area (TPSA) is 85.8 Å². The lowest BCUT2D eigenvalue weighted by molar-refractivity contribution is -0.169. The highest BCUT2D eigenvalue weighted by molar-refractivity contribution is 6.02. The average molecular weight is 398 g/mol. The first kappa shape index (κ1) is 19.6. The summed E-state index contributed by atoms with van der Waals surface area (Å²) < 4.78 is 17.1. The number of amides is 1. The largest absolute Gasteiger partial charge is 0.491 e. The van der Waals surface area contributed by atoms with E-state index in [4.69, 9.17) is 14.2 Å². The third kappa shape index (κ3) is 4.65. The standard InChI is InChI=1S/C21H26N4O4/c1-15(2)29-17-5-3-16(4-6-17)22-20(26)18-7-8-19(24-23-18)25-11-9-21(10-12-25)27-13-14-28-21/h3-8,15H,9-14H2,1-2H3,(H,22,26). The minimum atomic E-state index is -0.417. The van der Waals surface area contributed by atoms with Crippen LogP contribution in [0.15, 0.2) is 36.4 Å². The van der Waals surface area contributed by atoms with E-state index in [2.05, 4.69) is 20.4 Å². The Morgan fingerprint density at radius 2 is 1.76 bits per heavy atom. The van der Waals surface area contributed by atoms with Crippen molar-refractivity contribution in [1.29, 1.82) is 0 Å². The van der Waals surface area contributed by atoms with Crippen LogP contribution in [-0.2, 0) is 9.47 Å². The van der Waals surface area contributed by atoms with Gasteiger partial charge in [-0.15, -0.1) is 10.2 Å². The van der Waals surface area contributed by atoms with Crippen molar-refractivity contribution in [2.24, 2.45) is 0 Å². The Morgan fingerprint density at radius 3 is 2.34 bits per heavy atom. The third-order valence-corrected chi connectivity index (χ3v) is 5.03. The predicted molar refractivity (Wildman–Crippen MR) is 108 cm³/mol. The fourth-order valence-corrected chi connectivity index (χ4v) is 3.56. The zero-order valence-corrected chi connectivity index (χ0v) is 16.8. The van der Waals surface area contributed by atoms with Gasteiger partial charge in [0.2, 0.25) is 0 Å². The molecule has 8 nitrogen and oxygen atoms in total. The van der Waals surface area contributed by atoms with Gasteiger partial charge in [-0.25, -0.2) is 0 Å². The van der Waals surface area contributed by atoms with Gasteiger partial charge in [0.15, 0.2) is 17.3 Å². The first-order valence-corrected chi connectivity index (χ1v) is 9.98. The lowest BCUT2D eigenvalue weighted by Gasteiger charge is -2.37. The fraction of sp³-hybridized carbons (Fsp3) is 0.476. The summed E-state index contributed by atoms with van der Waals surface area (Å²) in [5, 5.41) is 11.2. The zero-order valence-electron chi connectivity index (χ0n) is 16.8. The number of ether oxygens (including phenoxy) is 3. The summed E-state index contributed by atoms with van der Waals surface area (Å²) in [7, 11) is 0. The maximum absolute atomic E-state index is 12.4. The molecule has 0 saturated carbocycles. The molecule has 0 bridgehead atoms. The Bertz CT molecular complexity index is 823. The molecule has 0 unspecified atom stereocenters. The van der Waals surface area contributed by atoms with Gasteiger partial charge in [0.05, 0.1) is 19.3 Å². The number of benzene rings is 1. The molecule has 2 aliphatic heterocycles. The van der Waals surface area contributed by atoms with Crippen LogP contribution in [-0.4, -0.2) is 54.3 Å². The van der Waals surface area contributed by atoms with Crippen molar-refractivity contribution in [3.63, 3.8) is 0 Å². The number of carbonyl (C=O) groups is 1. The molecule has 1 N–H and O–H groups in total. The maximum Gasteiger partial charge on any atom is 0.276 e. The second-order valence-corrected chi connectivity index (χ2v) is 7.52. The first-order chi connectivity index (χ1) is 14.0. The zero-order chi connectivity index (χ0) is 20.3. The van der Waals surface area contributed by atoms with Crippen LogP contribution in [0, 0.1) is 0 Å². The van der Waals surface area contributed by atoms with Crippen LogP contribution in [0.4, 0.5) is 11.5 Å². The SMILES string of the molecule is CC(C)Oc1ccc(NC(=O)c2ccc(N3CCC4(CC3)OCCO4)nn2)cc1. The van der Waals surface area contributed by atoms with E-state index in [-0.39, 0.29) is 17.7 Å². The van der Waals surface area contributed by atoms with Crippen molar-refractivity contribution in [1.82, 2.24) is 10.2 Å². The molecular weight excluding hydrogens is 372 g/mol. The summed E-state index contributed by atoms with van der Waals surface area (Å²) in [6.45, 7) is 6.83. The molecule has 2 saturated heterocycles. The van der Waals surface area contributed by atoms with E-state index >= 15 is 0 Å². The van der Waals surface area contributed by atoms with Crippen molar-refractivity contribution in [3.8, 4) is 5.75 Å². The van der Waals surface area contributed by atoms with Crippen molar-refractivity contribution in [3.05, 3.63) is 42.1 Å². The van der Waals surface area contributed by atoms with Crippen molar-refractivity contribution >= 4 is 17.4 Å². The smallest absolute Gasteiger partial charge is 0.276 e. The molecule has 1 aromatic carbocycles. The summed E-state index contributed by atoms with van der Waals surface area (Å²) in [4.78, 5) is 14.6. The summed E-state index contributed by atoms with van der Waals surface area (Å²) in [6.07, 6.45) is 1.70. The molecule has 4 rings (SSSR count). The molecule has 29 heavy (non-hydrogen) atoms. The molecule has 1 amide bonds. The van der Waals surface area contributed by atoms with Gasteiger partial charge in [-0.1, -0.05) is 0 Å². The van der Waals surface area contributed by atoms with Crippen molar-refractivity contribution in [2.75, 3.05) is 36.5 Å². The molecule has 1 spiro atoms. The molecule has 8 heteroatoms. The number of hydrogen-bond donors (Lipinski definition) is 1. The molecule has 3 heterocycles. The molecule has 2 aliphatic rings. The summed E-state index contributed by atoms with van der Waals surface area (Å²) in [6, 6.07) is 10.8. The van der Waals surface area contributed by atoms with Gasteiger partial charge < -0.3 is 24.4 Å². The van der Waals surface area contributed by atoms with E-state index in [1.54, 1.807) is 18.2 Å². The minimum Gasteiger partial charge on any atom is -0.491 e. The Kier molecular flexibility index (Phi) is 5.64. The third-order valence-electron chi connectivity index (χ3n) is 5.03. The van der Waals surface area contributed by atoms with Crippen LogP contribution in [0.3, 0.4) is 0 Å². The lowest BCUT2D eigenvalue weighted by atomic mass is 10.0. The molecule has 2 aromatic rings. The molecule has 0 radical (unpaired) electrons. The minimum absolute atomic E-state index is 0.105. The molecule has 0 atom stereocenters. The van der Waals surface area contributed by atoms with Crippen LogP contribution in [0.25, 0.3) is 0 Å². The number of rotatable bonds is 5. The van der Waals surface area contributed by atoms with Crippen LogP contribution in [0.2, 0.25) is 0 Å². The fourth-order valence-electron chi connectivity index (χ4n) is 3.56. The predicted octanol–water partition coefficient (Wildman–Crippen LogP) is 2.86. The molecule has 1 aromatic heterocycles. The van der Waals surface area contributed by atoms with Gasteiger partial charge >= 0.3 is 0 Å². The van der Waals surface area contributed by atoms with Crippen LogP contribution < -0.4 is 15.0 Å². The van der Waals surface area contributed by atoms with E-state index < -0.39 is 5.79 Å². The van der Waals surface area contributed by atoms with E-state index in [1.807, 2.05) is 32.0 Å². The summed E-state index contributed by atoms with van der Waals surface area (Å²) in [5.41, 5.74) is 0.946. The van der Waals surface area contributed by atoms with Crippen molar-refractivity contribution in [2.45, 2.75) is 38.6 Å². The monoisotopic (exact) mass is 398 g/mol. The Hall–Kier alpha value is -2.71. The van der Waals surface area contributed by atoms with Gasteiger partial charge in [0, 0.05) is 31.6 Å². The number of nitrogens with zero attached hydrogens (tertiary/aromatic N) is 3. The first-order valence-electron chi connectivity index (χ1n) is 9.98. The average Bonchev–Trinajstić information content (AvgIpc) is 3.18. The number of aromatic nitrogens is 2. The van der Waals surface area contributed by atoms with Crippen LogP contribution >= 0.6 is 0 Å². The normalized spacial score (nSPS) is 18.2.